The maximum atomic E-state index is 12.4. The fourth-order valence-corrected chi connectivity index (χ4v) is 4.45. The molecule has 1 aromatic carbocycles. The Hall–Kier alpha value is -2.28. The van der Waals surface area contributed by atoms with E-state index in [1.807, 2.05) is 30.3 Å². The Bertz CT molecular complexity index is 711. The Morgan fingerprint density at radius 2 is 1.73 bits per heavy atom. The number of ether oxygens (including phenoxy) is 1. The summed E-state index contributed by atoms with van der Waals surface area (Å²) in [5, 5.41) is 9.54. The second kappa shape index (κ2) is 9.69. The summed E-state index contributed by atoms with van der Waals surface area (Å²) >= 11 is 0. The molecule has 2 fully saturated rings. The number of carboxylic acid groups (broad SMARTS) is 1. The van der Waals surface area contributed by atoms with Crippen molar-refractivity contribution in [3.63, 3.8) is 0 Å². The lowest BCUT2D eigenvalue weighted by atomic mass is 9.84. The number of benzene rings is 1. The first-order chi connectivity index (χ1) is 14.2. The molecule has 1 N–H and O–H groups in total. The van der Waals surface area contributed by atoms with Crippen molar-refractivity contribution in [3.05, 3.63) is 35.9 Å². The Kier molecular flexibility index (Phi) is 7.23. The summed E-state index contributed by atoms with van der Waals surface area (Å²) in [6.45, 7) is 11.1. The fourth-order valence-electron chi connectivity index (χ4n) is 4.45. The summed E-state index contributed by atoms with van der Waals surface area (Å²) in [7, 11) is 0. The smallest absolute Gasteiger partial charge is 0.410 e. The highest BCUT2D eigenvalue weighted by molar-refractivity contribution is 5.67. The predicted octanol–water partition coefficient (Wildman–Crippen LogP) is 3.75. The van der Waals surface area contributed by atoms with Crippen molar-refractivity contribution in [3.8, 4) is 0 Å². The molecule has 30 heavy (non-hydrogen) atoms. The number of carbonyl (C=O) groups excluding carboxylic acids is 1. The topological polar surface area (TPSA) is 73.3 Å². The van der Waals surface area contributed by atoms with E-state index < -0.39 is 6.09 Å². The zero-order chi connectivity index (χ0) is 21.7. The minimum Gasteiger partial charge on any atom is -0.465 e. The van der Waals surface area contributed by atoms with Crippen LogP contribution in [0.5, 0.6) is 0 Å². The number of amides is 2. The molecule has 0 bridgehead atoms. The van der Waals surface area contributed by atoms with Crippen molar-refractivity contribution in [1.82, 2.24) is 14.7 Å². The molecule has 2 aliphatic rings. The summed E-state index contributed by atoms with van der Waals surface area (Å²) in [5.41, 5.74) is 0.901. The zero-order valence-electron chi connectivity index (χ0n) is 18.4. The molecule has 2 heterocycles. The van der Waals surface area contributed by atoms with E-state index in [-0.39, 0.29) is 17.6 Å². The van der Waals surface area contributed by atoms with E-state index in [4.69, 9.17) is 4.74 Å². The summed E-state index contributed by atoms with van der Waals surface area (Å²) in [6, 6.07) is 9.73. The maximum Gasteiger partial charge on any atom is 0.410 e. The molecule has 2 saturated heterocycles. The van der Waals surface area contributed by atoms with Crippen LogP contribution in [0.2, 0.25) is 0 Å². The number of nitrogens with zero attached hydrogens (tertiary/aromatic N) is 3. The van der Waals surface area contributed by atoms with E-state index in [0.717, 1.165) is 51.1 Å². The molecule has 2 amide bonds. The number of carbonyl (C=O) groups is 2. The van der Waals surface area contributed by atoms with Crippen molar-refractivity contribution in [2.24, 2.45) is 11.3 Å². The second-order valence-electron chi connectivity index (χ2n) is 9.59. The van der Waals surface area contributed by atoms with Gasteiger partial charge in [0.15, 0.2) is 0 Å². The molecule has 166 valence electrons. The fraction of sp³-hybridized carbons (Fsp3) is 0.652. The molecule has 3 rings (SSSR count). The molecular weight excluding hydrogens is 382 g/mol. The van der Waals surface area contributed by atoms with Gasteiger partial charge in [0.2, 0.25) is 0 Å². The molecule has 1 aromatic rings. The van der Waals surface area contributed by atoms with Gasteiger partial charge >= 0.3 is 12.2 Å². The van der Waals surface area contributed by atoms with Crippen LogP contribution in [0.1, 0.15) is 39.2 Å². The third-order valence-electron chi connectivity index (χ3n) is 6.30. The zero-order valence-corrected chi connectivity index (χ0v) is 18.4. The monoisotopic (exact) mass is 417 g/mol. The Balaban J connectivity index is 1.44. The third-order valence-corrected chi connectivity index (χ3v) is 6.30. The van der Waals surface area contributed by atoms with E-state index >= 15 is 0 Å². The summed E-state index contributed by atoms with van der Waals surface area (Å²) in [6.07, 6.45) is 0.858. The molecule has 7 nitrogen and oxygen atoms in total. The van der Waals surface area contributed by atoms with Crippen LogP contribution in [0.4, 0.5) is 9.59 Å². The molecule has 1 unspecified atom stereocenters. The lowest BCUT2D eigenvalue weighted by Gasteiger charge is -2.47. The first-order valence-corrected chi connectivity index (χ1v) is 10.9. The molecule has 0 radical (unpaired) electrons. The largest absolute Gasteiger partial charge is 0.465 e. The Morgan fingerprint density at radius 3 is 2.33 bits per heavy atom. The van der Waals surface area contributed by atoms with Crippen LogP contribution >= 0.6 is 0 Å². The van der Waals surface area contributed by atoms with Gasteiger partial charge in [-0.25, -0.2) is 9.59 Å². The summed E-state index contributed by atoms with van der Waals surface area (Å²) in [5.74, 6) is 0.528. The lowest BCUT2D eigenvalue weighted by Crippen LogP contribution is -2.60. The van der Waals surface area contributed by atoms with Gasteiger partial charge in [-0.05, 0) is 29.7 Å². The predicted molar refractivity (Wildman–Crippen MR) is 115 cm³/mol. The minimum atomic E-state index is -0.822. The average molecular weight is 418 g/mol. The number of hydrogen-bond donors (Lipinski definition) is 1. The van der Waals surface area contributed by atoms with Crippen molar-refractivity contribution >= 4 is 12.2 Å². The number of rotatable bonds is 4. The molecule has 7 heteroatoms. The SMILES string of the molecule is CC(C)(C)C1CN(CC2CCN(C(=O)OCc3ccccc3)CC2)CCN1C(=O)O. The van der Waals surface area contributed by atoms with Crippen LogP contribution in [-0.4, -0.2) is 77.3 Å². The van der Waals surface area contributed by atoms with E-state index in [0.29, 0.717) is 19.1 Å². The van der Waals surface area contributed by atoms with Gasteiger partial charge in [-0.3, -0.25) is 4.90 Å². The van der Waals surface area contributed by atoms with E-state index in [1.165, 1.54) is 0 Å². The standard InChI is InChI=1S/C23H35N3O4/c1-23(2,3)20-16-24(13-14-26(20)21(27)28)15-18-9-11-25(12-10-18)22(29)30-17-19-7-5-4-6-8-19/h4-8,18,20H,9-17H2,1-3H3,(H,27,28). The lowest BCUT2D eigenvalue weighted by molar-refractivity contribution is 0.0121. The Labute approximate surface area is 179 Å². The second-order valence-corrected chi connectivity index (χ2v) is 9.59. The van der Waals surface area contributed by atoms with Gasteiger partial charge in [0.05, 0.1) is 6.04 Å². The number of likely N-dealkylation sites (tertiary alicyclic amines) is 1. The molecular formula is C23H35N3O4. The van der Waals surface area contributed by atoms with Crippen molar-refractivity contribution < 1.29 is 19.4 Å². The summed E-state index contributed by atoms with van der Waals surface area (Å²) in [4.78, 5) is 29.8. The van der Waals surface area contributed by atoms with Gasteiger partial charge in [0.1, 0.15) is 6.61 Å². The van der Waals surface area contributed by atoms with Crippen LogP contribution in [0.25, 0.3) is 0 Å². The molecule has 0 spiro atoms. The molecule has 0 aromatic heterocycles. The quantitative estimate of drug-likeness (QED) is 0.808. The molecule has 0 aliphatic carbocycles. The number of piperazine rings is 1. The van der Waals surface area contributed by atoms with E-state index in [2.05, 4.69) is 25.7 Å². The van der Waals surface area contributed by atoms with Gasteiger partial charge in [-0.15, -0.1) is 0 Å². The number of hydrogen-bond acceptors (Lipinski definition) is 4. The van der Waals surface area contributed by atoms with Crippen LogP contribution < -0.4 is 0 Å². The highest BCUT2D eigenvalue weighted by atomic mass is 16.6. The average Bonchev–Trinajstić information content (AvgIpc) is 2.72. The number of piperidine rings is 1. The van der Waals surface area contributed by atoms with Crippen LogP contribution in [-0.2, 0) is 11.3 Å². The van der Waals surface area contributed by atoms with Crippen molar-refractivity contribution in [1.29, 1.82) is 0 Å². The Morgan fingerprint density at radius 1 is 1.07 bits per heavy atom. The molecule has 0 saturated carbocycles. The minimum absolute atomic E-state index is 0.00296. The van der Waals surface area contributed by atoms with Gasteiger partial charge in [0.25, 0.3) is 0 Å². The first kappa shape index (κ1) is 22.4. The van der Waals surface area contributed by atoms with Gasteiger partial charge in [0, 0.05) is 39.3 Å². The van der Waals surface area contributed by atoms with Gasteiger partial charge < -0.3 is 19.6 Å². The molecule has 1 atom stereocenters. The van der Waals surface area contributed by atoms with Gasteiger partial charge in [-0.2, -0.15) is 0 Å². The van der Waals surface area contributed by atoms with Crippen LogP contribution in [0.3, 0.4) is 0 Å². The third kappa shape index (κ3) is 5.88. The van der Waals surface area contributed by atoms with Crippen molar-refractivity contribution in [2.75, 3.05) is 39.3 Å². The van der Waals surface area contributed by atoms with E-state index in [1.54, 1.807) is 9.80 Å². The van der Waals surface area contributed by atoms with Crippen molar-refractivity contribution in [2.45, 2.75) is 46.3 Å². The first-order valence-electron chi connectivity index (χ1n) is 10.9. The summed E-state index contributed by atoms with van der Waals surface area (Å²) < 4.78 is 5.45. The van der Waals surface area contributed by atoms with Crippen LogP contribution in [0.15, 0.2) is 30.3 Å². The van der Waals surface area contributed by atoms with E-state index in [9.17, 15) is 14.7 Å². The maximum absolute atomic E-state index is 12.4. The normalized spacial score (nSPS) is 21.5. The van der Waals surface area contributed by atoms with Gasteiger partial charge in [-0.1, -0.05) is 51.1 Å². The molecule has 2 aliphatic heterocycles. The highest BCUT2D eigenvalue weighted by Crippen LogP contribution is 2.29. The van der Waals surface area contributed by atoms with Crippen LogP contribution in [0, 0.1) is 11.3 Å². The highest BCUT2D eigenvalue weighted by Gasteiger charge is 2.38.